The molecule has 0 aromatic heterocycles. The van der Waals surface area contributed by atoms with E-state index >= 15 is 0 Å². The van der Waals surface area contributed by atoms with Crippen LogP contribution in [0.2, 0.25) is 0 Å². The predicted octanol–water partition coefficient (Wildman–Crippen LogP) is 1.97. The molecule has 1 aliphatic heterocycles. The van der Waals surface area contributed by atoms with Gasteiger partial charge in [0.15, 0.2) is 0 Å². The molecule has 11 heavy (non-hydrogen) atoms. The number of nitrogens with one attached hydrogen (secondary N) is 1. The van der Waals surface area contributed by atoms with Gasteiger partial charge in [-0.2, -0.15) is 0 Å². The largest absolute Gasteiger partial charge is 0.307 e. The van der Waals surface area contributed by atoms with Gasteiger partial charge in [0, 0.05) is 12.6 Å². The van der Waals surface area contributed by atoms with Gasteiger partial charge >= 0.3 is 0 Å². The summed E-state index contributed by atoms with van der Waals surface area (Å²) < 4.78 is 0. The molecule has 1 heteroatoms. The Morgan fingerprint density at radius 2 is 2.36 bits per heavy atom. The van der Waals surface area contributed by atoms with Gasteiger partial charge < -0.3 is 5.32 Å². The lowest BCUT2D eigenvalue weighted by atomic mass is 10.1. The molecule has 1 aromatic carbocycles. The van der Waals surface area contributed by atoms with Crippen molar-refractivity contribution in [3.8, 4) is 0 Å². The maximum atomic E-state index is 3.73. The van der Waals surface area contributed by atoms with Crippen molar-refractivity contribution in [2.45, 2.75) is 6.04 Å². The fourth-order valence-electron chi connectivity index (χ4n) is 1.20. The van der Waals surface area contributed by atoms with Crippen molar-refractivity contribution in [1.29, 1.82) is 0 Å². The minimum atomic E-state index is 0.606. The highest BCUT2D eigenvalue weighted by molar-refractivity contribution is 5.48. The fraction of sp³-hybridized carbons (Fsp3) is 0.200. The normalized spacial score (nSPS) is 21.3. The molecule has 1 atom stereocenters. The molecule has 1 heterocycles. The molecular formula is C10H11N. The molecule has 1 N–H and O–H groups in total. The van der Waals surface area contributed by atoms with E-state index in [9.17, 15) is 0 Å². The van der Waals surface area contributed by atoms with Crippen LogP contribution in [-0.4, -0.2) is 6.54 Å². The third-order valence-electron chi connectivity index (χ3n) is 1.96. The second-order valence-corrected chi connectivity index (χ2v) is 2.84. The van der Waals surface area contributed by atoms with E-state index in [1.54, 1.807) is 0 Å². The van der Waals surface area contributed by atoms with Crippen molar-refractivity contribution in [2.75, 3.05) is 6.54 Å². The molecular weight excluding hydrogens is 134 g/mol. The summed E-state index contributed by atoms with van der Waals surface area (Å²) in [5.41, 5.74) is 2.58. The summed E-state index contributed by atoms with van der Waals surface area (Å²) >= 11 is 0. The van der Waals surface area contributed by atoms with E-state index in [0.29, 0.717) is 6.04 Å². The highest BCUT2D eigenvalue weighted by atomic mass is 15.1. The molecule has 1 aliphatic rings. The highest BCUT2D eigenvalue weighted by Crippen LogP contribution is 2.22. The van der Waals surface area contributed by atoms with E-state index in [1.165, 1.54) is 11.1 Å². The van der Waals surface area contributed by atoms with Crippen LogP contribution >= 0.6 is 0 Å². The van der Waals surface area contributed by atoms with Crippen molar-refractivity contribution in [2.24, 2.45) is 0 Å². The van der Waals surface area contributed by atoms with Crippen LogP contribution in [0.5, 0.6) is 0 Å². The average Bonchev–Trinajstić information content (AvgIpc) is 2.87. The average molecular weight is 145 g/mol. The van der Waals surface area contributed by atoms with Gasteiger partial charge in [0.05, 0.1) is 0 Å². The van der Waals surface area contributed by atoms with Crippen LogP contribution in [0.1, 0.15) is 17.2 Å². The first-order valence-electron chi connectivity index (χ1n) is 3.86. The third kappa shape index (κ3) is 1.33. The summed E-state index contributed by atoms with van der Waals surface area (Å²) in [5.74, 6) is 0. The molecule has 0 spiro atoms. The summed E-state index contributed by atoms with van der Waals surface area (Å²) in [7, 11) is 0. The Hall–Kier alpha value is -1.08. The summed E-state index contributed by atoms with van der Waals surface area (Å²) in [6.45, 7) is 4.86. The second-order valence-electron chi connectivity index (χ2n) is 2.84. The van der Waals surface area contributed by atoms with Crippen LogP contribution in [0.4, 0.5) is 0 Å². The van der Waals surface area contributed by atoms with Gasteiger partial charge in [0.25, 0.3) is 0 Å². The summed E-state index contributed by atoms with van der Waals surface area (Å²) in [4.78, 5) is 0. The SMILES string of the molecule is C=Cc1cccc([C@H]2CN2)c1. The van der Waals surface area contributed by atoms with E-state index in [4.69, 9.17) is 0 Å². The van der Waals surface area contributed by atoms with Crippen LogP contribution in [0.15, 0.2) is 30.8 Å². The monoisotopic (exact) mass is 145 g/mol. The van der Waals surface area contributed by atoms with Crippen molar-refractivity contribution in [3.63, 3.8) is 0 Å². The third-order valence-corrected chi connectivity index (χ3v) is 1.96. The van der Waals surface area contributed by atoms with Gasteiger partial charge in [0.1, 0.15) is 0 Å². The lowest BCUT2D eigenvalue weighted by molar-refractivity contribution is 1.08. The van der Waals surface area contributed by atoms with Crippen LogP contribution in [0.25, 0.3) is 6.08 Å². The topological polar surface area (TPSA) is 21.9 Å². The number of benzene rings is 1. The lowest BCUT2D eigenvalue weighted by Gasteiger charge is -1.97. The Kier molecular flexibility index (Phi) is 1.51. The Balaban J connectivity index is 2.33. The summed E-state index contributed by atoms with van der Waals surface area (Å²) in [6, 6.07) is 9.08. The van der Waals surface area contributed by atoms with Gasteiger partial charge in [0.2, 0.25) is 0 Å². The van der Waals surface area contributed by atoms with Crippen LogP contribution in [0.3, 0.4) is 0 Å². The molecule has 0 radical (unpaired) electrons. The zero-order valence-corrected chi connectivity index (χ0v) is 6.38. The van der Waals surface area contributed by atoms with Crippen LogP contribution in [0, 0.1) is 0 Å². The first kappa shape index (κ1) is 6.62. The summed E-state index contributed by atoms with van der Waals surface area (Å²) in [5, 5.41) is 3.27. The van der Waals surface area contributed by atoms with Gasteiger partial charge in [-0.25, -0.2) is 0 Å². The van der Waals surface area contributed by atoms with Crippen LogP contribution in [-0.2, 0) is 0 Å². The number of rotatable bonds is 2. The first-order valence-corrected chi connectivity index (χ1v) is 3.86. The van der Waals surface area contributed by atoms with E-state index in [2.05, 4.69) is 36.2 Å². The van der Waals surface area contributed by atoms with Crippen molar-refractivity contribution in [1.82, 2.24) is 5.32 Å². The zero-order valence-electron chi connectivity index (χ0n) is 6.38. The van der Waals surface area contributed by atoms with E-state index in [-0.39, 0.29) is 0 Å². The minimum Gasteiger partial charge on any atom is -0.307 e. The van der Waals surface area contributed by atoms with Gasteiger partial charge in [-0.15, -0.1) is 0 Å². The Morgan fingerprint density at radius 3 is 3.00 bits per heavy atom. The van der Waals surface area contributed by atoms with Crippen molar-refractivity contribution < 1.29 is 0 Å². The molecule has 0 saturated carbocycles. The zero-order chi connectivity index (χ0) is 7.68. The van der Waals surface area contributed by atoms with Crippen molar-refractivity contribution >= 4 is 6.08 Å². The molecule has 1 fully saturated rings. The molecule has 1 aromatic rings. The number of hydrogen-bond acceptors (Lipinski definition) is 1. The fourth-order valence-corrected chi connectivity index (χ4v) is 1.20. The molecule has 1 saturated heterocycles. The van der Waals surface area contributed by atoms with Crippen LogP contribution < -0.4 is 5.32 Å². The predicted molar refractivity (Wildman–Crippen MR) is 47.3 cm³/mol. The van der Waals surface area contributed by atoms with Gasteiger partial charge in [-0.3, -0.25) is 0 Å². The minimum absolute atomic E-state index is 0.606. The van der Waals surface area contributed by atoms with Gasteiger partial charge in [-0.1, -0.05) is 36.9 Å². The van der Waals surface area contributed by atoms with Crippen molar-refractivity contribution in [3.05, 3.63) is 42.0 Å². The standard InChI is InChI=1S/C10H11N/c1-2-8-4-3-5-9(6-8)10-7-11-10/h2-6,10-11H,1,7H2/t10-/m1/s1. The summed E-state index contributed by atoms with van der Waals surface area (Å²) in [6.07, 6.45) is 1.88. The first-order chi connectivity index (χ1) is 5.40. The Bertz CT molecular complexity index is 274. The molecule has 56 valence electrons. The molecule has 0 bridgehead atoms. The molecule has 0 unspecified atom stereocenters. The number of hydrogen-bond donors (Lipinski definition) is 1. The smallest absolute Gasteiger partial charge is 0.0447 e. The molecule has 0 amide bonds. The Labute approximate surface area is 66.7 Å². The molecule has 2 rings (SSSR count). The van der Waals surface area contributed by atoms with E-state index < -0.39 is 0 Å². The molecule has 0 aliphatic carbocycles. The maximum Gasteiger partial charge on any atom is 0.0447 e. The van der Waals surface area contributed by atoms with E-state index in [1.807, 2.05) is 6.08 Å². The second kappa shape index (κ2) is 2.51. The highest BCUT2D eigenvalue weighted by Gasteiger charge is 2.21. The quantitative estimate of drug-likeness (QED) is 0.631. The Morgan fingerprint density at radius 1 is 1.55 bits per heavy atom. The van der Waals surface area contributed by atoms with Gasteiger partial charge in [-0.05, 0) is 11.1 Å². The lowest BCUT2D eigenvalue weighted by Crippen LogP contribution is -1.83. The molecule has 1 nitrogen and oxygen atoms in total. The maximum absolute atomic E-state index is 3.73. The van der Waals surface area contributed by atoms with E-state index in [0.717, 1.165) is 6.54 Å².